The van der Waals surface area contributed by atoms with E-state index in [1.54, 1.807) is 6.07 Å². The molecular formula is C21H32N4O3S. The summed E-state index contributed by atoms with van der Waals surface area (Å²) in [5, 5.41) is 7.46. The van der Waals surface area contributed by atoms with E-state index < -0.39 is 10.0 Å². The second-order valence-electron chi connectivity index (χ2n) is 8.15. The number of aromatic nitrogens is 2. The number of anilines is 1. The molecule has 1 N–H and O–H groups in total. The molecule has 0 unspecified atom stereocenters. The molecule has 0 saturated carbocycles. The summed E-state index contributed by atoms with van der Waals surface area (Å²) < 4.78 is 28.1. The summed E-state index contributed by atoms with van der Waals surface area (Å²) in [6.45, 7) is 12.7. The van der Waals surface area contributed by atoms with Gasteiger partial charge in [0.25, 0.3) is 0 Å². The number of nitrogens with zero attached hydrogens (tertiary/aromatic N) is 3. The molecule has 2 rings (SSSR count). The van der Waals surface area contributed by atoms with Gasteiger partial charge in [-0.15, -0.1) is 0 Å². The highest BCUT2D eigenvalue weighted by atomic mass is 32.2. The minimum atomic E-state index is -3.59. The molecule has 0 aliphatic rings. The number of sulfonamides is 1. The average Bonchev–Trinajstić information content (AvgIpc) is 2.85. The standard InChI is InChI=1S/C21H32N4O3S/c1-13(2)12-25-17(6)19(16(5)23-25)11-21(26)22-20-10-18(9-14(3)15(20)4)29(27,28)24(7)8/h9-10,13H,11-12H2,1-8H3,(H,22,26). The quantitative estimate of drug-likeness (QED) is 0.745. The van der Waals surface area contributed by atoms with E-state index in [2.05, 4.69) is 24.3 Å². The van der Waals surface area contributed by atoms with Crippen molar-refractivity contribution < 1.29 is 13.2 Å². The van der Waals surface area contributed by atoms with Crippen LogP contribution in [0.3, 0.4) is 0 Å². The lowest BCUT2D eigenvalue weighted by Crippen LogP contribution is -2.23. The Balaban J connectivity index is 2.30. The lowest BCUT2D eigenvalue weighted by atomic mass is 10.1. The molecule has 0 saturated heterocycles. The normalized spacial score (nSPS) is 12.1. The first kappa shape index (κ1) is 23.1. The number of hydrogen-bond acceptors (Lipinski definition) is 4. The molecule has 1 heterocycles. The van der Waals surface area contributed by atoms with Crippen molar-refractivity contribution in [1.82, 2.24) is 14.1 Å². The molecule has 0 spiro atoms. The van der Waals surface area contributed by atoms with Gasteiger partial charge in [-0.05, 0) is 56.9 Å². The minimum absolute atomic E-state index is 0.165. The van der Waals surface area contributed by atoms with Gasteiger partial charge in [-0.2, -0.15) is 5.10 Å². The second-order valence-corrected chi connectivity index (χ2v) is 10.3. The van der Waals surface area contributed by atoms with Gasteiger partial charge in [0.05, 0.1) is 17.0 Å². The van der Waals surface area contributed by atoms with E-state index in [1.807, 2.05) is 32.4 Å². The van der Waals surface area contributed by atoms with Crippen molar-refractivity contribution >= 4 is 21.6 Å². The Labute approximate surface area is 174 Å². The fourth-order valence-electron chi connectivity index (χ4n) is 3.18. The molecule has 7 nitrogen and oxygen atoms in total. The third kappa shape index (κ3) is 5.05. The van der Waals surface area contributed by atoms with Crippen LogP contribution < -0.4 is 5.32 Å². The van der Waals surface area contributed by atoms with E-state index in [1.165, 1.54) is 24.5 Å². The number of carbonyl (C=O) groups is 1. The topological polar surface area (TPSA) is 84.3 Å². The fourth-order valence-corrected chi connectivity index (χ4v) is 4.20. The van der Waals surface area contributed by atoms with Crippen LogP contribution in [0.25, 0.3) is 0 Å². The number of benzene rings is 1. The summed E-state index contributed by atoms with van der Waals surface area (Å²) in [7, 11) is -0.608. The molecule has 1 aromatic heterocycles. The van der Waals surface area contributed by atoms with Gasteiger partial charge in [-0.3, -0.25) is 9.48 Å². The molecule has 0 aliphatic heterocycles. The predicted molar refractivity (Wildman–Crippen MR) is 116 cm³/mol. The van der Waals surface area contributed by atoms with Crippen molar-refractivity contribution in [1.29, 1.82) is 0 Å². The molecule has 0 fully saturated rings. The SMILES string of the molecule is Cc1cc(S(=O)(=O)N(C)C)cc(NC(=O)Cc2c(C)nn(CC(C)C)c2C)c1C. The van der Waals surface area contributed by atoms with Gasteiger partial charge in [-0.25, -0.2) is 12.7 Å². The average molecular weight is 421 g/mol. The summed E-state index contributed by atoms with van der Waals surface area (Å²) in [6, 6.07) is 3.15. The third-order valence-corrected chi connectivity index (χ3v) is 6.89. The van der Waals surface area contributed by atoms with Crippen LogP contribution in [0.1, 0.15) is 41.9 Å². The summed E-state index contributed by atoms with van der Waals surface area (Å²) in [4.78, 5) is 12.9. The van der Waals surface area contributed by atoms with Crippen LogP contribution >= 0.6 is 0 Å². The molecule has 0 atom stereocenters. The molecule has 160 valence electrons. The maximum absolute atomic E-state index is 12.8. The van der Waals surface area contributed by atoms with Crippen molar-refractivity contribution in [2.75, 3.05) is 19.4 Å². The van der Waals surface area contributed by atoms with Gasteiger partial charge in [0.1, 0.15) is 0 Å². The Bertz CT molecular complexity index is 1020. The number of nitrogens with one attached hydrogen (secondary N) is 1. The van der Waals surface area contributed by atoms with Gasteiger partial charge in [0.15, 0.2) is 0 Å². The number of amides is 1. The predicted octanol–water partition coefficient (Wildman–Crippen LogP) is 3.20. The zero-order valence-corrected chi connectivity index (χ0v) is 19.4. The fraction of sp³-hybridized carbons (Fsp3) is 0.524. The second kappa shape index (κ2) is 8.67. The molecule has 0 bridgehead atoms. The molecule has 29 heavy (non-hydrogen) atoms. The van der Waals surface area contributed by atoms with Crippen LogP contribution in [0.5, 0.6) is 0 Å². The number of carbonyl (C=O) groups excluding carboxylic acids is 1. The largest absolute Gasteiger partial charge is 0.326 e. The Kier molecular flexibility index (Phi) is 6.90. The maximum atomic E-state index is 12.8. The highest BCUT2D eigenvalue weighted by Crippen LogP contribution is 2.26. The maximum Gasteiger partial charge on any atom is 0.242 e. The van der Waals surface area contributed by atoms with E-state index in [9.17, 15) is 13.2 Å². The molecule has 8 heteroatoms. The number of rotatable bonds is 7. The van der Waals surface area contributed by atoms with E-state index in [0.29, 0.717) is 11.6 Å². The molecular weight excluding hydrogens is 388 g/mol. The van der Waals surface area contributed by atoms with Crippen molar-refractivity contribution in [3.05, 3.63) is 40.2 Å². The first-order chi connectivity index (χ1) is 13.3. The van der Waals surface area contributed by atoms with Crippen molar-refractivity contribution in [2.24, 2.45) is 5.92 Å². The van der Waals surface area contributed by atoms with Gasteiger partial charge < -0.3 is 5.32 Å². The van der Waals surface area contributed by atoms with Crippen LogP contribution in [-0.4, -0.2) is 42.5 Å². The summed E-state index contributed by atoms with van der Waals surface area (Å²) in [5.74, 6) is 0.267. The minimum Gasteiger partial charge on any atom is -0.326 e. The third-order valence-electron chi connectivity index (χ3n) is 5.10. The summed E-state index contributed by atoms with van der Waals surface area (Å²) >= 11 is 0. The Morgan fingerprint density at radius 3 is 2.34 bits per heavy atom. The van der Waals surface area contributed by atoms with Crippen LogP contribution in [0, 0.1) is 33.6 Å². The molecule has 2 aromatic rings. The Morgan fingerprint density at radius 1 is 1.17 bits per heavy atom. The van der Waals surface area contributed by atoms with Gasteiger partial charge in [0, 0.05) is 37.6 Å². The first-order valence-electron chi connectivity index (χ1n) is 9.71. The zero-order valence-electron chi connectivity index (χ0n) is 18.6. The lowest BCUT2D eigenvalue weighted by Gasteiger charge is -2.16. The Morgan fingerprint density at radius 2 is 1.79 bits per heavy atom. The van der Waals surface area contributed by atoms with Gasteiger partial charge in [0.2, 0.25) is 15.9 Å². The molecule has 0 aliphatic carbocycles. The first-order valence-corrected chi connectivity index (χ1v) is 11.1. The van der Waals surface area contributed by atoms with Crippen LogP contribution in [0.4, 0.5) is 5.69 Å². The van der Waals surface area contributed by atoms with E-state index in [4.69, 9.17) is 0 Å². The zero-order chi connectivity index (χ0) is 22.1. The highest BCUT2D eigenvalue weighted by Gasteiger charge is 2.21. The van der Waals surface area contributed by atoms with E-state index in [0.717, 1.165) is 34.6 Å². The van der Waals surface area contributed by atoms with Crippen molar-refractivity contribution in [2.45, 2.75) is 59.4 Å². The monoisotopic (exact) mass is 420 g/mol. The highest BCUT2D eigenvalue weighted by molar-refractivity contribution is 7.89. The lowest BCUT2D eigenvalue weighted by molar-refractivity contribution is -0.115. The molecule has 1 aromatic carbocycles. The summed E-state index contributed by atoms with van der Waals surface area (Å²) in [5.41, 5.74) is 4.91. The van der Waals surface area contributed by atoms with Crippen LogP contribution in [-0.2, 0) is 27.8 Å². The van der Waals surface area contributed by atoms with Crippen LogP contribution in [0.2, 0.25) is 0 Å². The van der Waals surface area contributed by atoms with Gasteiger partial charge >= 0.3 is 0 Å². The molecule has 1 amide bonds. The number of aryl methyl sites for hydroxylation is 2. The van der Waals surface area contributed by atoms with E-state index >= 15 is 0 Å². The summed E-state index contributed by atoms with van der Waals surface area (Å²) in [6.07, 6.45) is 0.193. The van der Waals surface area contributed by atoms with Crippen molar-refractivity contribution in [3.63, 3.8) is 0 Å². The number of hydrogen-bond donors (Lipinski definition) is 1. The Hall–Kier alpha value is -2.19. The molecule has 0 radical (unpaired) electrons. The van der Waals surface area contributed by atoms with Gasteiger partial charge in [-0.1, -0.05) is 13.8 Å². The smallest absolute Gasteiger partial charge is 0.242 e. The van der Waals surface area contributed by atoms with E-state index in [-0.39, 0.29) is 17.2 Å². The van der Waals surface area contributed by atoms with Crippen molar-refractivity contribution in [3.8, 4) is 0 Å². The van der Waals surface area contributed by atoms with Crippen LogP contribution in [0.15, 0.2) is 17.0 Å².